The summed E-state index contributed by atoms with van der Waals surface area (Å²) in [5.74, 6) is -0.419. The Morgan fingerprint density at radius 2 is 1.52 bits per heavy atom. The first kappa shape index (κ1) is 18.9. The maximum Gasteiger partial charge on any atom is 0.306 e. The van der Waals surface area contributed by atoms with Gasteiger partial charge in [0.25, 0.3) is 10.2 Å². The first-order chi connectivity index (χ1) is 9.63. The molecule has 0 saturated heterocycles. The average molecular weight is 308 g/mol. The van der Waals surface area contributed by atoms with Gasteiger partial charge in [-0.1, -0.05) is 13.8 Å². The Balaban J connectivity index is 4.44. The van der Waals surface area contributed by atoms with Crippen LogP contribution >= 0.6 is 0 Å². The van der Waals surface area contributed by atoms with Gasteiger partial charge in [0.05, 0.1) is 0 Å². The molecule has 0 aliphatic rings. The lowest BCUT2D eigenvalue weighted by atomic mass is 10.1. The quantitative estimate of drug-likeness (QED) is 0.337. The molecule has 0 spiro atoms. The number of rotatable bonds is 10. The van der Waals surface area contributed by atoms with Gasteiger partial charge in [-0.15, -0.1) is 20.2 Å². The minimum absolute atomic E-state index is 0.125. The number of carbonyl (C=O) groups excluding carboxylic acids is 1. The van der Waals surface area contributed by atoms with Gasteiger partial charge in [0.2, 0.25) is 0 Å². The number of hydrogen-bond donors (Lipinski definition) is 0. The van der Waals surface area contributed by atoms with E-state index in [1.54, 1.807) is 6.92 Å². The number of hydrogen-bond acceptors (Lipinski definition) is 8. The monoisotopic (exact) mass is 308 g/mol. The van der Waals surface area contributed by atoms with Crippen LogP contribution in [0.25, 0.3) is 0 Å². The van der Waals surface area contributed by atoms with Crippen LogP contribution in [-0.2, 0) is 19.2 Å². The molecule has 0 aliphatic carbocycles. The van der Waals surface area contributed by atoms with E-state index in [2.05, 4.69) is 9.68 Å². The molecular weight excluding hydrogens is 288 g/mol. The molecule has 122 valence electrons. The molecular formula is C11H20N2O8. The summed E-state index contributed by atoms with van der Waals surface area (Å²) >= 11 is 0. The second-order valence-electron chi connectivity index (χ2n) is 4.88. The molecule has 0 N–H and O–H groups in total. The molecule has 3 atom stereocenters. The molecule has 10 heteroatoms. The van der Waals surface area contributed by atoms with Crippen molar-refractivity contribution in [2.24, 2.45) is 5.92 Å². The van der Waals surface area contributed by atoms with Crippen LogP contribution in [0.5, 0.6) is 0 Å². The highest BCUT2D eigenvalue weighted by Gasteiger charge is 2.26. The molecule has 21 heavy (non-hydrogen) atoms. The van der Waals surface area contributed by atoms with Crippen LogP contribution in [0.15, 0.2) is 0 Å². The van der Waals surface area contributed by atoms with E-state index < -0.39 is 28.4 Å². The van der Waals surface area contributed by atoms with Gasteiger partial charge in [0.15, 0.2) is 0 Å². The zero-order valence-electron chi connectivity index (χ0n) is 12.4. The number of ether oxygens (including phenoxy) is 1. The summed E-state index contributed by atoms with van der Waals surface area (Å²) in [7, 11) is 0. The smallest absolute Gasteiger partial charge is 0.306 e. The summed E-state index contributed by atoms with van der Waals surface area (Å²) < 4.78 is 5.09. The minimum atomic E-state index is -1.23. The molecule has 0 aromatic rings. The van der Waals surface area contributed by atoms with Gasteiger partial charge in [-0.3, -0.25) is 4.79 Å². The van der Waals surface area contributed by atoms with E-state index in [0.717, 1.165) is 0 Å². The second-order valence-corrected chi connectivity index (χ2v) is 4.88. The predicted octanol–water partition coefficient (Wildman–Crippen LogP) is 1.53. The third kappa shape index (κ3) is 8.60. The van der Waals surface area contributed by atoms with Crippen LogP contribution < -0.4 is 0 Å². The van der Waals surface area contributed by atoms with Gasteiger partial charge < -0.3 is 14.4 Å². The van der Waals surface area contributed by atoms with E-state index in [0.29, 0.717) is 0 Å². The van der Waals surface area contributed by atoms with Crippen LogP contribution in [0.3, 0.4) is 0 Å². The number of carbonyl (C=O) groups is 1. The highest BCUT2D eigenvalue weighted by Crippen LogP contribution is 2.13. The Morgan fingerprint density at radius 3 is 1.95 bits per heavy atom. The fourth-order valence-electron chi connectivity index (χ4n) is 1.35. The van der Waals surface area contributed by atoms with Crippen LogP contribution in [0.1, 0.15) is 40.5 Å². The van der Waals surface area contributed by atoms with Crippen molar-refractivity contribution in [3.8, 4) is 0 Å². The van der Waals surface area contributed by atoms with Gasteiger partial charge in [0, 0.05) is 6.42 Å². The number of nitrogens with zero attached hydrogens (tertiary/aromatic N) is 2. The van der Waals surface area contributed by atoms with Crippen molar-refractivity contribution in [3.05, 3.63) is 20.2 Å². The molecule has 1 unspecified atom stereocenters. The van der Waals surface area contributed by atoms with E-state index in [-0.39, 0.29) is 24.9 Å². The molecule has 0 fully saturated rings. The maximum atomic E-state index is 11.6. The van der Waals surface area contributed by atoms with Crippen molar-refractivity contribution in [1.82, 2.24) is 0 Å². The molecule has 0 rings (SSSR count). The van der Waals surface area contributed by atoms with Crippen molar-refractivity contribution in [3.63, 3.8) is 0 Å². The molecule has 10 nitrogen and oxygen atoms in total. The third-order valence-electron chi connectivity index (χ3n) is 2.89. The van der Waals surface area contributed by atoms with Gasteiger partial charge in [-0.25, -0.2) is 0 Å². The summed E-state index contributed by atoms with van der Waals surface area (Å²) in [5.41, 5.74) is 0. The van der Waals surface area contributed by atoms with Crippen molar-refractivity contribution < 1.29 is 29.4 Å². The molecule has 0 bridgehead atoms. The standard InChI is InChI=1S/C11H20N2O8/c1-7(2)8(3)19-11(14)6-5-10(21-13(17)18)9(4)20-12(15)16/h7-10H,5-6H2,1-4H3/t8?,9-,10+/m0/s1. The topological polar surface area (TPSA) is 131 Å². The van der Waals surface area contributed by atoms with Crippen LogP contribution in [-0.4, -0.2) is 34.5 Å². The van der Waals surface area contributed by atoms with Gasteiger partial charge >= 0.3 is 5.97 Å². The Labute approximate surface area is 121 Å². The second kappa shape index (κ2) is 8.93. The first-order valence-electron chi connectivity index (χ1n) is 6.45. The Kier molecular flexibility index (Phi) is 8.02. The van der Waals surface area contributed by atoms with E-state index >= 15 is 0 Å². The maximum absolute atomic E-state index is 11.6. The third-order valence-corrected chi connectivity index (χ3v) is 2.89. The van der Waals surface area contributed by atoms with Crippen molar-refractivity contribution in [2.75, 3.05) is 0 Å². The lowest BCUT2D eigenvalue weighted by Gasteiger charge is -2.21. The Morgan fingerprint density at radius 1 is 1.00 bits per heavy atom. The molecule has 0 aromatic carbocycles. The van der Waals surface area contributed by atoms with Gasteiger partial charge in [-0.05, 0) is 26.2 Å². The largest absolute Gasteiger partial charge is 0.462 e. The summed E-state index contributed by atoms with van der Waals surface area (Å²) in [6, 6.07) is 0. The summed E-state index contributed by atoms with van der Waals surface area (Å²) in [6.07, 6.45) is -2.99. The lowest BCUT2D eigenvalue weighted by molar-refractivity contribution is -0.798. The minimum Gasteiger partial charge on any atom is -0.462 e. The molecule has 0 aliphatic heterocycles. The van der Waals surface area contributed by atoms with Gasteiger partial charge in [-0.2, -0.15) is 0 Å². The summed E-state index contributed by atoms with van der Waals surface area (Å²) in [4.78, 5) is 40.7. The highest BCUT2D eigenvalue weighted by atomic mass is 17.0. The Hall–Kier alpha value is -2.13. The molecule has 0 aromatic heterocycles. The van der Waals surface area contributed by atoms with Gasteiger partial charge in [0.1, 0.15) is 18.3 Å². The zero-order valence-corrected chi connectivity index (χ0v) is 12.4. The average Bonchev–Trinajstić information content (AvgIpc) is 2.32. The van der Waals surface area contributed by atoms with E-state index in [1.165, 1.54) is 6.92 Å². The summed E-state index contributed by atoms with van der Waals surface area (Å²) in [6.45, 7) is 6.73. The molecule has 0 saturated carbocycles. The van der Waals surface area contributed by atoms with Crippen molar-refractivity contribution >= 4 is 5.97 Å². The molecule has 0 heterocycles. The summed E-state index contributed by atoms with van der Waals surface area (Å²) in [5, 5.41) is 18.4. The van der Waals surface area contributed by atoms with Crippen LogP contribution in [0.2, 0.25) is 0 Å². The van der Waals surface area contributed by atoms with Crippen LogP contribution in [0.4, 0.5) is 0 Å². The fraction of sp³-hybridized carbons (Fsp3) is 0.909. The van der Waals surface area contributed by atoms with E-state index in [4.69, 9.17) is 4.74 Å². The SMILES string of the molecule is CC(C)C(C)OC(=O)CC[C@@H](O[N+](=O)[O-])[C@H](C)O[N+](=O)[O-]. The van der Waals surface area contributed by atoms with Crippen molar-refractivity contribution in [1.29, 1.82) is 0 Å². The van der Waals surface area contributed by atoms with Crippen LogP contribution in [0, 0.1) is 26.1 Å². The Bertz CT molecular complexity index is 373. The normalized spacial score (nSPS) is 14.9. The molecule has 0 radical (unpaired) electrons. The highest BCUT2D eigenvalue weighted by molar-refractivity contribution is 5.69. The number of esters is 1. The van der Waals surface area contributed by atoms with Crippen molar-refractivity contribution in [2.45, 2.75) is 58.8 Å². The lowest BCUT2D eigenvalue weighted by Crippen LogP contribution is -2.33. The fourth-order valence-corrected chi connectivity index (χ4v) is 1.35. The van der Waals surface area contributed by atoms with E-state index in [9.17, 15) is 25.0 Å². The first-order valence-corrected chi connectivity index (χ1v) is 6.45. The van der Waals surface area contributed by atoms with E-state index in [1.807, 2.05) is 13.8 Å². The zero-order chi connectivity index (χ0) is 16.6. The predicted molar refractivity (Wildman–Crippen MR) is 69.0 cm³/mol. The molecule has 0 amide bonds.